The van der Waals surface area contributed by atoms with Crippen LogP contribution < -0.4 is 5.14 Å². The fourth-order valence-electron chi connectivity index (χ4n) is 1.16. The molecule has 6 nitrogen and oxygen atoms in total. The van der Waals surface area contributed by atoms with Gasteiger partial charge < -0.3 is 0 Å². The van der Waals surface area contributed by atoms with Gasteiger partial charge in [0.25, 0.3) is 0 Å². The molecule has 2 N–H and O–H groups in total. The molecule has 0 unspecified atom stereocenters. The minimum Gasteiger partial charge on any atom is -0.229 e. The van der Waals surface area contributed by atoms with Crippen LogP contribution in [0.5, 0.6) is 0 Å². The van der Waals surface area contributed by atoms with Crippen molar-refractivity contribution in [3.63, 3.8) is 0 Å². The van der Waals surface area contributed by atoms with Crippen LogP contribution in [0.3, 0.4) is 0 Å². The summed E-state index contributed by atoms with van der Waals surface area (Å²) in [5.74, 6) is -1.04. The zero-order valence-electron chi connectivity index (χ0n) is 9.58. The Morgan fingerprint density at radius 3 is 2.11 bits per heavy atom. The van der Waals surface area contributed by atoms with Gasteiger partial charge in [0.2, 0.25) is 20.0 Å². The first-order chi connectivity index (χ1) is 8.13. The molecule has 0 aromatic heterocycles. The van der Waals surface area contributed by atoms with Crippen molar-refractivity contribution in [2.45, 2.75) is 4.90 Å². The summed E-state index contributed by atoms with van der Waals surface area (Å²) in [6.45, 7) is -0.265. The number of halogens is 1. The highest BCUT2D eigenvalue weighted by Crippen LogP contribution is 2.14. The molecule has 1 aromatic carbocycles. The predicted molar refractivity (Wildman–Crippen MR) is 64.2 cm³/mol. The second-order valence-corrected chi connectivity index (χ2v) is 7.43. The maximum absolute atomic E-state index is 12.7. The third-order valence-electron chi connectivity index (χ3n) is 2.21. The second-order valence-electron chi connectivity index (χ2n) is 3.65. The maximum atomic E-state index is 12.7. The molecule has 0 heterocycles. The van der Waals surface area contributed by atoms with E-state index in [1.807, 2.05) is 0 Å². The topological polar surface area (TPSA) is 97.5 Å². The van der Waals surface area contributed by atoms with E-state index in [1.165, 1.54) is 7.05 Å². The van der Waals surface area contributed by atoms with Gasteiger partial charge in [-0.15, -0.1) is 0 Å². The van der Waals surface area contributed by atoms with E-state index >= 15 is 0 Å². The molecule has 18 heavy (non-hydrogen) atoms. The van der Waals surface area contributed by atoms with E-state index in [0.717, 1.165) is 28.6 Å². The summed E-state index contributed by atoms with van der Waals surface area (Å²) in [6, 6.07) is 4.25. The highest BCUT2D eigenvalue weighted by molar-refractivity contribution is 7.90. The van der Waals surface area contributed by atoms with Gasteiger partial charge in [0.15, 0.2) is 0 Å². The molecule has 0 spiro atoms. The maximum Gasteiger partial charge on any atom is 0.242 e. The number of hydrogen-bond donors (Lipinski definition) is 1. The van der Waals surface area contributed by atoms with Gasteiger partial charge >= 0.3 is 0 Å². The van der Waals surface area contributed by atoms with E-state index in [-0.39, 0.29) is 11.4 Å². The van der Waals surface area contributed by atoms with Crippen molar-refractivity contribution >= 4 is 20.0 Å². The average Bonchev–Trinajstić information content (AvgIpc) is 2.25. The zero-order valence-corrected chi connectivity index (χ0v) is 11.2. The summed E-state index contributed by atoms with van der Waals surface area (Å²) in [6.07, 6.45) is 0. The number of primary sulfonamides is 1. The van der Waals surface area contributed by atoms with E-state index < -0.39 is 31.6 Å². The van der Waals surface area contributed by atoms with Crippen LogP contribution in [0.2, 0.25) is 0 Å². The fourth-order valence-corrected chi connectivity index (χ4v) is 2.98. The van der Waals surface area contributed by atoms with Crippen LogP contribution in [0.4, 0.5) is 4.39 Å². The Kier molecular flexibility index (Phi) is 4.43. The molecule has 9 heteroatoms. The zero-order chi connectivity index (χ0) is 14.0. The minimum absolute atomic E-state index is 0.110. The van der Waals surface area contributed by atoms with Crippen LogP contribution in [0, 0.1) is 5.82 Å². The highest BCUT2D eigenvalue weighted by atomic mass is 32.2. The molecular formula is C9H13FN2O4S2. The highest BCUT2D eigenvalue weighted by Gasteiger charge is 2.21. The third-order valence-corrected chi connectivity index (χ3v) is 4.84. The molecule has 0 radical (unpaired) electrons. The van der Waals surface area contributed by atoms with E-state index in [1.54, 1.807) is 0 Å². The molecule has 0 saturated heterocycles. The van der Waals surface area contributed by atoms with Crippen molar-refractivity contribution in [3.05, 3.63) is 30.1 Å². The van der Waals surface area contributed by atoms with Crippen molar-refractivity contribution in [3.8, 4) is 0 Å². The third kappa shape index (κ3) is 4.02. The Morgan fingerprint density at radius 1 is 1.17 bits per heavy atom. The average molecular weight is 296 g/mol. The summed E-state index contributed by atoms with van der Waals surface area (Å²) in [7, 11) is -6.34. The first-order valence-corrected chi connectivity index (χ1v) is 8.01. The summed E-state index contributed by atoms with van der Waals surface area (Å²) < 4.78 is 58.9. The van der Waals surface area contributed by atoms with E-state index in [0.29, 0.717) is 0 Å². The van der Waals surface area contributed by atoms with Crippen molar-refractivity contribution in [1.29, 1.82) is 0 Å². The van der Waals surface area contributed by atoms with Crippen LogP contribution in [-0.2, 0) is 20.0 Å². The molecule has 1 rings (SSSR count). The van der Waals surface area contributed by atoms with E-state index in [4.69, 9.17) is 5.14 Å². The van der Waals surface area contributed by atoms with Gasteiger partial charge in [-0.3, -0.25) is 0 Å². The molecule has 0 amide bonds. The van der Waals surface area contributed by atoms with Gasteiger partial charge in [-0.2, -0.15) is 4.31 Å². The standard InChI is InChI=1S/C9H13FN2O4S2/c1-12(6-7-17(11,13)14)18(15,16)9-4-2-8(10)3-5-9/h2-5H,6-7H2,1H3,(H2,11,13,14). The number of sulfonamides is 2. The fraction of sp³-hybridized carbons (Fsp3) is 0.333. The first-order valence-electron chi connectivity index (χ1n) is 4.85. The minimum atomic E-state index is -3.83. The Hall–Kier alpha value is -1.03. The SMILES string of the molecule is CN(CCS(N)(=O)=O)S(=O)(=O)c1ccc(F)cc1. The monoisotopic (exact) mass is 296 g/mol. The van der Waals surface area contributed by atoms with Crippen molar-refractivity contribution in [1.82, 2.24) is 4.31 Å². The number of hydrogen-bond acceptors (Lipinski definition) is 4. The van der Waals surface area contributed by atoms with Crippen LogP contribution in [-0.4, -0.2) is 40.5 Å². The lowest BCUT2D eigenvalue weighted by Gasteiger charge is -2.16. The normalized spacial score (nSPS) is 12.9. The lowest BCUT2D eigenvalue weighted by molar-refractivity contribution is 0.484. The summed E-state index contributed by atoms with van der Waals surface area (Å²) in [4.78, 5) is -0.110. The number of nitrogens with two attached hydrogens (primary N) is 1. The van der Waals surface area contributed by atoms with Crippen LogP contribution in [0.15, 0.2) is 29.2 Å². The predicted octanol–water partition coefficient (Wildman–Crippen LogP) is -0.265. The quantitative estimate of drug-likeness (QED) is 0.809. The van der Waals surface area contributed by atoms with Gasteiger partial charge in [-0.05, 0) is 24.3 Å². The Labute approximate surface area is 105 Å². The summed E-state index contributed by atoms with van der Waals surface area (Å²) in [5.41, 5.74) is 0. The van der Waals surface area contributed by atoms with Gasteiger partial charge in [0.05, 0.1) is 10.6 Å². The molecule has 0 bridgehead atoms. The Morgan fingerprint density at radius 2 is 1.67 bits per heavy atom. The van der Waals surface area contributed by atoms with E-state index in [9.17, 15) is 21.2 Å². The molecule has 0 aliphatic heterocycles. The van der Waals surface area contributed by atoms with Crippen molar-refractivity contribution < 1.29 is 21.2 Å². The second kappa shape index (κ2) is 5.31. The van der Waals surface area contributed by atoms with Crippen molar-refractivity contribution in [2.24, 2.45) is 5.14 Å². The number of benzene rings is 1. The molecule has 0 aliphatic carbocycles. The molecule has 102 valence electrons. The van der Waals surface area contributed by atoms with Crippen LogP contribution >= 0.6 is 0 Å². The molecule has 1 aromatic rings. The largest absolute Gasteiger partial charge is 0.242 e. The van der Waals surface area contributed by atoms with Gasteiger partial charge in [-0.25, -0.2) is 26.4 Å². The molecule has 0 fully saturated rings. The van der Waals surface area contributed by atoms with Gasteiger partial charge in [0.1, 0.15) is 5.82 Å². The molecule has 0 aliphatic rings. The number of nitrogens with zero attached hydrogens (tertiary/aromatic N) is 1. The molecule has 0 atom stereocenters. The Bertz CT molecular complexity index is 610. The van der Waals surface area contributed by atoms with Crippen LogP contribution in [0.1, 0.15) is 0 Å². The molecular weight excluding hydrogens is 283 g/mol. The van der Waals surface area contributed by atoms with Crippen molar-refractivity contribution in [2.75, 3.05) is 19.3 Å². The summed E-state index contributed by atoms with van der Waals surface area (Å²) >= 11 is 0. The molecule has 0 saturated carbocycles. The first kappa shape index (κ1) is 15.0. The lowest BCUT2D eigenvalue weighted by Crippen LogP contribution is -2.33. The summed E-state index contributed by atoms with van der Waals surface area (Å²) in [5, 5.41) is 4.79. The smallest absolute Gasteiger partial charge is 0.229 e. The lowest BCUT2D eigenvalue weighted by atomic mass is 10.4. The number of rotatable bonds is 5. The van der Waals surface area contributed by atoms with Gasteiger partial charge in [0, 0.05) is 13.6 Å². The Balaban J connectivity index is 2.90. The van der Waals surface area contributed by atoms with E-state index in [2.05, 4.69) is 0 Å². The van der Waals surface area contributed by atoms with Crippen LogP contribution in [0.25, 0.3) is 0 Å². The van der Waals surface area contributed by atoms with Gasteiger partial charge in [-0.1, -0.05) is 0 Å².